The first-order chi connectivity index (χ1) is 1.41. The van der Waals surface area contributed by atoms with Crippen molar-refractivity contribution in [3.63, 3.8) is 0 Å². The summed E-state index contributed by atoms with van der Waals surface area (Å²) in [7, 11) is 0. The van der Waals surface area contributed by atoms with Crippen LogP contribution in [0.25, 0.3) is 5.53 Å². The Balaban J connectivity index is 0. The van der Waals surface area contributed by atoms with E-state index in [1.54, 1.807) is 0 Å². The van der Waals surface area contributed by atoms with Crippen LogP contribution < -0.4 is 4.97 Å². The molecule has 0 aromatic rings. The van der Waals surface area contributed by atoms with Gasteiger partial charge in [-0.25, -0.2) is 0 Å². The SMILES string of the molecule is [Mn].[N-]=[N+]=O. The van der Waals surface area contributed by atoms with Gasteiger partial charge in [0.1, 0.15) is 4.97 Å². The van der Waals surface area contributed by atoms with Gasteiger partial charge >= 0.3 is 0 Å². The van der Waals surface area contributed by atoms with E-state index in [0.29, 0.717) is 0 Å². The maximum absolute atomic E-state index is 8.11. The van der Waals surface area contributed by atoms with Crippen LogP contribution in [0.4, 0.5) is 0 Å². The van der Waals surface area contributed by atoms with Gasteiger partial charge in [0.05, 0.1) is 0 Å². The average molecular weight is 99.0 g/mol. The maximum atomic E-state index is 8.11. The molecule has 0 amide bonds. The van der Waals surface area contributed by atoms with Gasteiger partial charge in [-0.15, -0.1) is 0 Å². The van der Waals surface area contributed by atoms with Crippen LogP contribution in [0.3, 0.4) is 0 Å². The zero-order valence-electron chi connectivity index (χ0n) is 1.68. The van der Waals surface area contributed by atoms with Crippen molar-refractivity contribution >= 4 is 0 Å². The number of hydrogen-bond donors (Lipinski definition) is 0. The van der Waals surface area contributed by atoms with Crippen molar-refractivity contribution in [2.45, 2.75) is 0 Å². The number of hydrogen-bond acceptors (Lipinski definition) is 1. The van der Waals surface area contributed by atoms with E-state index in [1.807, 2.05) is 0 Å². The Hall–Kier alpha value is -0.171. The summed E-state index contributed by atoms with van der Waals surface area (Å²) in [6.07, 6.45) is 0. The third kappa shape index (κ3) is 43.3. The van der Waals surface area contributed by atoms with E-state index in [-0.39, 0.29) is 17.1 Å². The molecule has 0 aliphatic carbocycles. The quantitative estimate of drug-likeness (QED) is 0.236. The summed E-state index contributed by atoms with van der Waals surface area (Å²) in [6.45, 7) is 0. The largest absolute Gasteiger partial charge is 0.294 e. The molecule has 0 spiro atoms. The zero-order valence-corrected chi connectivity index (χ0v) is 2.86. The fourth-order valence-electron chi connectivity index (χ4n) is 0. The van der Waals surface area contributed by atoms with Crippen molar-refractivity contribution in [2.24, 2.45) is 0 Å². The topological polar surface area (TPSA) is 53.5 Å². The molecule has 0 heterocycles. The first-order valence-corrected chi connectivity index (χ1v) is 0.383. The summed E-state index contributed by atoms with van der Waals surface area (Å²) in [6, 6.07) is 0. The maximum Gasteiger partial charge on any atom is 0.151 e. The van der Waals surface area contributed by atoms with Crippen molar-refractivity contribution in [2.75, 3.05) is 0 Å². The van der Waals surface area contributed by atoms with Gasteiger partial charge in [-0.1, -0.05) is 0 Å². The molecule has 23 valence electrons. The summed E-state index contributed by atoms with van der Waals surface area (Å²) in [5, 5.41) is 0. The Kier molecular flexibility index (Phi) is 31.5. The number of nitrogens with zero attached hydrogens (tertiary/aromatic N) is 2. The van der Waals surface area contributed by atoms with Crippen LogP contribution >= 0.6 is 0 Å². The Bertz CT molecular complexity index is 27.0. The van der Waals surface area contributed by atoms with Crippen LogP contribution in [0.5, 0.6) is 0 Å². The standard InChI is InChI=1S/Mn.N2O/c;1-2-3. The molecule has 0 aromatic carbocycles. The van der Waals surface area contributed by atoms with Gasteiger partial charge in [-0.2, -0.15) is 0 Å². The predicted molar refractivity (Wildman–Crippen MR) is 8.86 cm³/mol. The molecule has 0 fully saturated rings. The van der Waals surface area contributed by atoms with Crippen LogP contribution in [-0.2, 0) is 17.1 Å². The second-order valence-corrected chi connectivity index (χ2v) is 0.0816. The molecular formula is MnN2O. The van der Waals surface area contributed by atoms with E-state index in [2.05, 4.69) is 0 Å². The molecule has 1 radical (unpaired) electrons. The molecule has 0 N–H and O–H groups in total. The van der Waals surface area contributed by atoms with Gasteiger partial charge < -0.3 is 0 Å². The molecule has 4 heavy (non-hydrogen) atoms. The average Bonchev–Trinajstić information content (AvgIpc) is 0.918. The molecule has 0 bridgehead atoms. The fourth-order valence-corrected chi connectivity index (χ4v) is 0. The molecule has 0 rings (SSSR count). The van der Waals surface area contributed by atoms with E-state index in [1.165, 1.54) is 4.97 Å². The normalized spacial score (nSPS) is 2.00. The van der Waals surface area contributed by atoms with Gasteiger partial charge in [0.2, 0.25) is 0 Å². The summed E-state index contributed by atoms with van der Waals surface area (Å²) in [5.41, 5.74) is 6.64. The Morgan fingerprint density at radius 3 is 1.75 bits per heavy atom. The molecule has 0 atom stereocenters. The van der Waals surface area contributed by atoms with Crippen LogP contribution in [0.1, 0.15) is 0 Å². The molecule has 0 aliphatic rings. The molecular weight excluding hydrogens is 99.0 g/mol. The zero-order chi connectivity index (χ0) is 2.71. The molecule has 4 heteroatoms. The van der Waals surface area contributed by atoms with E-state index >= 15 is 0 Å². The minimum absolute atomic E-state index is 0. The molecule has 0 aliphatic heterocycles. The fraction of sp³-hybridized carbons (Fsp3) is 0. The number of nitroso groups, excluding NO2 is 1. The first-order valence-electron chi connectivity index (χ1n) is 0.383. The summed E-state index contributed by atoms with van der Waals surface area (Å²) < 4.78 is 0. The predicted octanol–water partition coefficient (Wildman–Crippen LogP) is -0.161. The molecule has 0 saturated carbocycles. The van der Waals surface area contributed by atoms with E-state index in [4.69, 9.17) is 10.4 Å². The van der Waals surface area contributed by atoms with E-state index in [9.17, 15) is 0 Å². The summed E-state index contributed by atoms with van der Waals surface area (Å²) >= 11 is 0. The van der Waals surface area contributed by atoms with Gasteiger partial charge in [-0.05, 0) is 0 Å². The smallest absolute Gasteiger partial charge is 0.151 e. The van der Waals surface area contributed by atoms with E-state index in [0.717, 1.165) is 0 Å². The Morgan fingerprint density at radius 1 is 1.75 bits per heavy atom. The molecule has 3 nitrogen and oxygen atoms in total. The van der Waals surface area contributed by atoms with Gasteiger partial charge in [0.15, 0.2) is 4.91 Å². The van der Waals surface area contributed by atoms with Crippen LogP contribution in [-0.4, -0.2) is 0 Å². The van der Waals surface area contributed by atoms with Gasteiger partial charge in [0, 0.05) is 17.1 Å². The van der Waals surface area contributed by atoms with E-state index < -0.39 is 0 Å². The van der Waals surface area contributed by atoms with Gasteiger partial charge in [-0.3, -0.25) is 5.53 Å². The number of rotatable bonds is 0. The van der Waals surface area contributed by atoms with Crippen molar-refractivity contribution in [3.8, 4) is 0 Å². The monoisotopic (exact) mass is 98.9 g/mol. The summed E-state index contributed by atoms with van der Waals surface area (Å²) in [4.78, 5) is 9.36. The minimum Gasteiger partial charge on any atom is -0.294 e. The Morgan fingerprint density at radius 2 is 1.75 bits per heavy atom. The third-order valence-electron chi connectivity index (χ3n) is 0. The third-order valence-corrected chi connectivity index (χ3v) is 0. The second-order valence-electron chi connectivity index (χ2n) is 0.0816. The van der Waals surface area contributed by atoms with Crippen LogP contribution in [0, 0.1) is 4.91 Å². The van der Waals surface area contributed by atoms with Gasteiger partial charge in [0.25, 0.3) is 0 Å². The Labute approximate surface area is 33.4 Å². The minimum atomic E-state index is 0. The van der Waals surface area contributed by atoms with Crippen molar-refractivity contribution in [3.05, 3.63) is 10.4 Å². The van der Waals surface area contributed by atoms with Crippen molar-refractivity contribution in [1.29, 1.82) is 0 Å². The molecule has 0 unspecified atom stereocenters. The second kappa shape index (κ2) is 13.8. The molecule has 0 aromatic heterocycles. The van der Waals surface area contributed by atoms with Crippen LogP contribution in [0.15, 0.2) is 0 Å². The van der Waals surface area contributed by atoms with Crippen molar-refractivity contribution in [1.82, 2.24) is 4.97 Å². The van der Waals surface area contributed by atoms with Crippen molar-refractivity contribution < 1.29 is 17.1 Å². The molecule has 0 saturated heterocycles. The first kappa shape index (κ1) is 9.16. The summed E-state index contributed by atoms with van der Waals surface area (Å²) in [5.74, 6) is 0. The van der Waals surface area contributed by atoms with Crippen LogP contribution in [0.2, 0.25) is 0 Å².